The first-order chi connectivity index (χ1) is 8.90. The molecule has 0 fully saturated rings. The van der Waals surface area contributed by atoms with Gasteiger partial charge in [-0.3, -0.25) is 4.79 Å². The standard InChI is InChI=1S/C15H23FN2O/c1-11(2)9-14(15(19)18(3)4)17-10-12-5-7-13(16)8-6-12/h5-8,11,14,17H,9-10H2,1-4H3. The number of halogens is 1. The lowest BCUT2D eigenvalue weighted by atomic mass is 10.0. The van der Waals surface area contributed by atoms with E-state index in [1.807, 2.05) is 0 Å². The molecule has 0 bridgehead atoms. The molecule has 0 aliphatic rings. The molecule has 0 heterocycles. The number of carbonyl (C=O) groups is 1. The van der Waals surface area contributed by atoms with Crippen LogP contribution >= 0.6 is 0 Å². The summed E-state index contributed by atoms with van der Waals surface area (Å²) in [6.45, 7) is 4.75. The van der Waals surface area contributed by atoms with Crippen LogP contribution in [-0.2, 0) is 11.3 Å². The smallest absolute Gasteiger partial charge is 0.239 e. The molecule has 1 aromatic carbocycles. The zero-order valence-electron chi connectivity index (χ0n) is 12.1. The van der Waals surface area contributed by atoms with E-state index in [2.05, 4.69) is 19.2 Å². The van der Waals surface area contributed by atoms with Gasteiger partial charge in [0.05, 0.1) is 6.04 Å². The Hall–Kier alpha value is -1.42. The van der Waals surface area contributed by atoms with Gasteiger partial charge < -0.3 is 10.2 Å². The van der Waals surface area contributed by atoms with Gasteiger partial charge in [-0.1, -0.05) is 26.0 Å². The maximum atomic E-state index is 12.8. The Balaban J connectivity index is 2.62. The van der Waals surface area contributed by atoms with Crippen molar-refractivity contribution in [2.45, 2.75) is 32.9 Å². The molecule has 1 aromatic rings. The fourth-order valence-corrected chi connectivity index (χ4v) is 1.90. The van der Waals surface area contributed by atoms with Crippen molar-refractivity contribution in [2.75, 3.05) is 14.1 Å². The van der Waals surface area contributed by atoms with Gasteiger partial charge in [0.25, 0.3) is 0 Å². The first-order valence-electron chi connectivity index (χ1n) is 6.59. The van der Waals surface area contributed by atoms with E-state index >= 15 is 0 Å². The molecule has 4 heteroatoms. The van der Waals surface area contributed by atoms with E-state index in [0.29, 0.717) is 12.5 Å². The summed E-state index contributed by atoms with van der Waals surface area (Å²) in [5.41, 5.74) is 0.974. The topological polar surface area (TPSA) is 32.3 Å². The number of amides is 1. The molecule has 0 aliphatic heterocycles. The minimum atomic E-state index is -0.244. The molecule has 0 radical (unpaired) electrons. The second-order valence-electron chi connectivity index (χ2n) is 5.42. The van der Waals surface area contributed by atoms with Crippen LogP contribution in [0.1, 0.15) is 25.8 Å². The third kappa shape index (κ3) is 5.39. The van der Waals surface area contributed by atoms with Gasteiger partial charge in [-0.25, -0.2) is 4.39 Å². The first kappa shape index (κ1) is 15.6. The Bertz CT molecular complexity index is 401. The van der Waals surface area contributed by atoms with Crippen molar-refractivity contribution >= 4 is 5.91 Å². The van der Waals surface area contributed by atoms with E-state index in [1.165, 1.54) is 12.1 Å². The van der Waals surface area contributed by atoms with Crippen LogP contribution in [0, 0.1) is 11.7 Å². The van der Waals surface area contributed by atoms with E-state index in [9.17, 15) is 9.18 Å². The molecule has 106 valence electrons. The van der Waals surface area contributed by atoms with Crippen molar-refractivity contribution in [3.05, 3.63) is 35.6 Å². The van der Waals surface area contributed by atoms with E-state index in [-0.39, 0.29) is 17.8 Å². The van der Waals surface area contributed by atoms with Crippen molar-refractivity contribution in [3.63, 3.8) is 0 Å². The zero-order valence-corrected chi connectivity index (χ0v) is 12.1. The largest absolute Gasteiger partial charge is 0.347 e. The van der Waals surface area contributed by atoms with Crippen molar-refractivity contribution in [2.24, 2.45) is 5.92 Å². The number of nitrogens with one attached hydrogen (secondary N) is 1. The van der Waals surface area contributed by atoms with Crippen LogP contribution in [0.25, 0.3) is 0 Å². The number of hydrogen-bond donors (Lipinski definition) is 1. The lowest BCUT2D eigenvalue weighted by Crippen LogP contribution is -2.44. The van der Waals surface area contributed by atoms with Gasteiger partial charge in [0.15, 0.2) is 0 Å². The molecule has 0 saturated heterocycles. The third-order valence-corrected chi connectivity index (χ3v) is 2.91. The van der Waals surface area contributed by atoms with E-state index in [1.54, 1.807) is 31.1 Å². The molecular weight excluding hydrogens is 243 g/mol. The third-order valence-electron chi connectivity index (χ3n) is 2.91. The maximum absolute atomic E-state index is 12.8. The number of hydrogen-bond acceptors (Lipinski definition) is 2. The Kier molecular flexibility index (Phi) is 5.96. The molecule has 1 unspecified atom stereocenters. The van der Waals surface area contributed by atoms with Crippen LogP contribution in [0.2, 0.25) is 0 Å². The molecule has 0 saturated carbocycles. The highest BCUT2D eigenvalue weighted by Gasteiger charge is 2.20. The van der Waals surface area contributed by atoms with Crippen LogP contribution in [-0.4, -0.2) is 30.9 Å². The summed E-state index contributed by atoms with van der Waals surface area (Å²) >= 11 is 0. The van der Waals surface area contributed by atoms with Crippen molar-refractivity contribution < 1.29 is 9.18 Å². The fraction of sp³-hybridized carbons (Fsp3) is 0.533. The number of carbonyl (C=O) groups excluding carboxylic acids is 1. The monoisotopic (exact) mass is 266 g/mol. The van der Waals surface area contributed by atoms with Crippen LogP contribution in [0.3, 0.4) is 0 Å². The Labute approximate surface area is 114 Å². The SMILES string of the molecule is CC(C)CC(NCc1ccc(F)cc1)C(=O)N(C)C. The molecule has 0 aliphatic carbocycles. The highest BCUT2D eigenvalue weighted by molar-refractivity contribution is 5.81. The average Bonchev–Trinajstić information content (AvgIpc) is 2.35. The highest BCUT2D eigenvalue weighted by Crippen LogP contribution is 2.09. The summed E-state index contributed by atoms with van der Waals surface area (Å²) < 4.78 is 12.8. The van der Waals surface area contributed by atoms with E-state index in [0.717, 1.165) is 12.0 Å². The van der Waals surface area contributed by atoms with Gasteiger partial charge in [0, 0.05) is 20.6 Å². The van der Waals surface area contributed by atoms with Crippen molar-refractivity contribution in [3.8, 4) is 0 Å². The molecule has 1 rings (SSSR count). The molecule has 1 N–H and O–H groups in total. The summed E-state index contributed by atoms with van der Waals surface area (Å²) in [5.74, 6) is 0.275. The van der Waals surface area contributed by atoms with Crippen molar-refractivity contribution in [1.82, 2.24) is 10.2 Å². The van der Waals surface area contributed by atoms with Gasteiger partial charge in [-0.2, -0.15) is 0 Å². The highest BCUT2D eigenvalue weighted by atomic mass is 19.1. The van der Waals surface area contributed by atoms with Crippen molar-refractivity contribution in [1.29, 1.82) is 0 Å². The number of rotatable bonds is 6. The molecule has 1 amide bonds. The molecule has 0 aromatic heterocycles. The van der Waals surface area contributed by atoms with Crippen LogP contribution in [0.15, 0.2) is 24.3 Å². The Morgan fingerprint density at radius 2 is 1.84 bits per heavy atom. The number of nitrogens with zero attached hydrogens (tertiary/aromatic N) is 1. The van der Waals surface area contributed by atoms with Crippen LogP contribution < -0.4 is 5.32 Å². The lowest BCUT2D eigenvalue weighted by Gasteiger charge is -2.23. The second kappa shape index (κ2) is 7.24. The van der Waals surface area contributed by atoms with Gasteiger partial charge in [-0.15, -0.1) is 0 Å². The van der Waals surface area contributed by atoms with Gasteiger partial charge in [0.1, 0.15) is 5.82 Å². The average molecular weight is 266 g/mol. The summed E-state index contributed by atoms with van der Waals surface area (Å²) in [7, 11) is 3.52. The molecule has 1 atom stereocenters. The molecular formula is C15H23FN2O. The van der Waals surface area contributed by atoms with Gasteiger partial charge >= 0.3 is 0 Å². The zero-order chi connectivity index (χ0) is 14.4. The summed E-state index contributed by atoms with van der Waals surface area (Å²) in [6.07, 6.45) is 0.790. The Morgan fingerprint density at radius 1 is 1.26 bits per heavy atom. The summed E-state index contributed by atoms with van der Waals surface area (Å²) in [4.78, 5) is 13.7. The predicted octanol–water partition coefficient (Wildman–Crippen LogP) is 2.42. The first-order valence-corrected chi connectivity index (χ1v) is 6.59. The fourth-order valence-electron chi connectivity index (χ4n) is 1.90. The van der Waals surface area contributed by atoms with Gasteiger partial charge in [-0.05, 0) is 30.0 Å². The molecule has 3 nitrogen and oxygen atoms in total. The predicted molar refractivity (Wildman–Crippen MR) is 75.2 cm³/mol. The van der Waals surface area contributed by atoms with Gasteiger partial charge in [0.2, 0.25) is 5.91 Å². The number of benzene rings is 1. The Morgan fingerprint density at radius 3 is 2.32 bits per heavy atom. The molecule has 19 heavy (non-hydrogen) atoms. The van der Waals surface area contributed by atoms with E-state index < -0.39 is 0 Å². The lowest BCUT2D eigenvalue weighted by molar-refractivity contribution is -0.131. The minimum Gasteiger partial charge on any atom is -0.347 e. The normalized spacial score (nSPS) is 12.5. The quantitative estimate of drug-likeness (QED) is 0.857. The minimum absolute atomic E-state index is 0.0795. The second-order valence-corrected chi connectivity index (χ2v) is 5.42. The maximum Gasteiger partial charge on any atom is 0.239 e. The molecule has 0 spiro atoms. The summed E-state index contributed by atoms with van der Waals surface area (Å²) in [6, 6.07) is 6.13. The van der Waals surface area contributed by atoms with E-state index in [4.69, 9.17) is 0 Å². The number of likely N-dealkylation sites (N-methyl/N-ethyl adjacent to an activating group) is 1. The van der Waals surface area contributed by atoms with Crippen LogP contribution in [0.4, 0.5) is 4.39 Å². The summed E-state index contributed by atoms with van der Waals surface area (Å²) in [5, 5.41) is 3.25. The van der Waals surface area contributed by atoms with Crippen LogP contribution in [0.5, 0.6) is 0 Å².